The maximum absolute atomic E-state index is 9.16. The third kappa shape index (κ3) is 4.87. The van der Waals surface area contributed by atoms with Gasteiger partial charge in [0.1, 0.15) is 0 Å². The molecule has 0 bridgehead atoms. The SMILES string of the molecule is CCCN(CCO)CC1CC(CC)CCC1NC. The van der Waals surface area contributed by atoms with Crippen LogP contribution in [-0.2, 0) is 0 Å². The normalized spacial score (nSPS) is 28.8. The van der Waals surface area contributed by atoms with Crippen molar-refractivity contribution in [3.63, 3.8) is 0 Å². The third-order valence-electron chi connectivity index (χ3n) is 4.49. The molecule has 0 aromatic carbocycles. The first kappa shape index (κ1) is 15.9. The number of aliphatic hydroxyl groups excluding tert-OH is 1. The molecule has 0 spiro atoms. The van der Waals surface area contributed by atoms with E-state index in [1.165, 1.54) is 32.1 Å². The van der Waals surface area contributed by atoms with Gasteiger partial charge >= 0.3 is 0 Å². The largest absolute Gasteiger partial charge is 0.395 e. The first-order chi connectivity index (χ1) is 8.74. The van der Waals surface area contributed by atoms with E-state index in [1.807, 2.05) is 0 Å². The van der Waals surface area contributed by atoms with Crippen molar-refractivity contribution in [3.8, 4) is 0 Å². The lowest BCUT2D eigenvalue weighted by Gasteiger charge is -2.38. The van der Waals surface area contributed by atoms with Crippen molar-refractivity contribution in [3.05, 3.63) is 0 Å². The van der Waals surface area contributed by atoms with Gasteiger partial charge < -0.3 is 15.3 Å². The average Bonchev–Trinajstić information content (AvgIpc) is 2.39. The summed E-state index contributed by atoms with van der Waals surface area (Å²) >= 11 is 0. The second-order valence-corrected chi connectivity index (χ2v) is 5.77. The molecule has 0 heterocycles. The van der Waals surface area contributed by atoms with Gasteiger partial charge in [0.2, 0.25) is 0 Å². The lowest BCUT2D eigenvalue weighted by atomic mass is 9.76. The van der Waals surface area contributed by atoms with Crippen LogP contribution in [0.1, 0.15) is 46.0 Å². The van der Waals surface area contributed by atoms with Crippen LogP contribution in [0.5, 0.6) is 0 Å². The average molecular weight is 256 g/mol. The fourth-order valence-electron chi connectivity index (χ4n) is 3.40. The molecule has 1 aliphatic rings. The van der Waals surface area contributed by atoms with Crippen LogP contribution in [0.15, 0.2) is 0 Å². The van der Waals surface area contributed by atoms with Gasteiger partial charge in [-0.2, -0.15) is 0 Å². The number of hydrogen-bond acceptors (Lipinski definition) is 3. The van der Waals surface area contributed by atoms with E-state index < -0.39 is 0 Å². The second kappa shape index (κ2) is 8.89. The van der Waals surface area contributed by atoms with E-state index in [9.17, 15) is 0 Å². The van der Waals surface area contributed by atoms with Crippen LogP contribution in [-0.4, -0.2) is 49.3 Å². The van der Waals surface area contributed by atoms with Crippen molar-refractivity contribution < 1.29 is 5.11 Å². The molecule has 0 saturated heterocycles. The molecule has 0 aromatic rings. The predicted molar refractivity (Wildman–Crippen MR) is 77.8 cm³/mol. The molecule has 1 fully saturated rings. The van der Waals surface area contributed by atoms with E-state index in [4.69, 9.17) is 5.11 Å². The van der Waals surface area contributed by atoms with Gasteiger partial charge in [-0.05, 0) is 51.1 Å². The van der Waals surface area contributed by atoms with Crippen LogP contribution in [0.3, 0.4) is 0 Å². The Morgan fingerprint density at radius 2 is 2.00 bits per heavy atom. The number of nitrogens with one attached hydrogen (secondary N) is 1. The van der Waals surface area contributed by atoms with E-state index in [0.29, 0.717) is 6.04 Å². The summed E-state index contributed by atoms with van der Waals surface area (Å²) in [6.07, 6.45) is 6.55. The number of rotatable bonds is 8. The lowest BCUT2D eigenvalue weighted by molar-refractivity contribution is 0.124. The molecule has 2 N–H and O–H groups in total. The minimum absolute atomic E-state index is 0.286. The van der Waals surface area contributed by atoms with Crippen LogP contribution in [0.25, 0.3) is 0 Å². The molecular weight excluding hydrogens is 224 g/mol. The Balaban J connectivity index is 2.52. The fourth-order valence-corrected chi connectivity index (χ4v) is 3.40. The molecule has 3 atom stereocenters. The molecule has 1 saturated carbocycles. The maximum atomic E-state index is 9.16. The van der Waals surface area contributed by atoms with Gasteiger partial charge in [-0.15, -0.1) is 0 Å². The van der Waals surface area contributed by atoms with Gasteiger partial charge in [0.05, 0.1) is 6.61 Å². The van der Waals surface area contributed by atoms with Gasteiger partial charge in [0, 0.05) is 19.1 Å². The molecule has 0 amide bonds. The first-order valence-corrected chi connectivity index (χ1v) is 7.75. The van der Waals surface area contributed by atoms with Crippen molar-refractivity contribution in [1.29, 1.82) is 0 Å². The van der Waals surface area contributed by atoms with Crippen LogP contribution in [0, 0.1) is 11.8 Å². The minimum Gasteiger partial charge on any atom is -0.395 e. The van der Waals surface area contributed by atoms with Gasteiger partial charge in [0.15, 0.2) is 0 Å². The Labute approximate surface area is 113 Å². The first-order valence-electron chi connectivity index (χ1n) is 7.75. The Bertz CT molecular complexity index is 205. The molecule has 1 rings (SSSR count). The van der Waals surface area contributed by atoms with Gasteiger partial charge in [-0.25, -0.2) is 0 Å². The van der Waals surface area contributed by atoms with Crippen molar-refractivity contribution in [2.24, 2.45) is 11.8 Å². The number of nitrogens with zero attached hydrogens (tertiary/aromatic N) is 1. The summed E-state index contributed by atoms with van der Waals surface area (Å²) in [6.45, 7) is 7.92. The summed E-state index contributed by atoms with van der Waals surface area (Å²) in [4.78, 5) is 2.44. The summed E-state index contributed by atoms with van der Waals surface area (Å²) in [7, 11) is 2.10. The third-order valence-corrected chi connectivity index (χ3v) is 4.49. The van der Waals surface area contributed by atoms with Crippen LogP contribution >= 0.6 is 0 Å². The summed E-state index contributed by atoms with van der Waals surface area (Å²) < 4.78 is 0. The quantitative estimate of drug-likeness (QED) is 0.698. The van der Waals surface area contributed by atoms with Gasteiger partial charge in [-0.3, -0.25) is 0 Å². The molecule has 3 heteroatoms. The second-order valence-electron chi connectivity index (χ2n) is 5.77. The van der Waals surface area contributed by atoms with E-state index in [2.05, 4.69) is 31.1 Å². The highest BCUT2D eigenvalue weighted by Crippen LogP contribution is 2.31. The zero-order valence-electron chi connectivity index (χ0n) is 12.5. The minimum atomic E-state index is 0.286. The van der Waals surface area contributed by atoms with Gasteiger partial charge in [0.25, 0.3) is 0 Å². The Hall–Kier alpha value is -0.120. The monoisotopic (exact) mass is 256 g/mol. The molecule has 0 aliphatic heterocycles. The molecule has 0 aromatic heterocycles. The number of aliphatic hydroxyl groups is 1. The van der Waals surface area contributed by atoms with Crippen molar-refractivity contribution in [1.82, 2.24) is 10.2 Å². The fraction of sp³-hybridized carbons (Fsp3) is 1.00. The summed E-state index contributed by atoms with van der Waals surface area (Å²) in [6, 6.07) is 0.672. The van der Waals surface area contributed by atoms with E-state index in [0.717, 1.165) is 31.5 Å². The highest BCUT2D eigenvalue weighted by molar-refractivity contribution is 4.85. The maximum Gasteiger partial charge on any atom is 0.0558 e. The topological polar surface area (TPSA) is 35.5 Å². The zero-order chi connectivity index (χ0) is 13.4. The van der Waals surface area contributed by atoms with Crippen molar-refractivity contribution in [2.75, 3.05) is 33.3 Å². The van der Waals surface area contributed by atoms with Crippen LogP contribution < -0.4 is 5.32 Å². The Morgan fingerprint density at radius 3 is 2.56 bits per heavy atom. The Kier molecular flexibility index (Phi) is 7.87. The molecule has 18 heavy (non-hydrogen) atoms. The lowest BCUT2D eigenvalue weighted by Crippen LogP contribution is -2.45. The van der Waals surface area contributed by atoms with E-state index in [1.54, 1.807) is 0 Å². The highest BCUT2D eigenvalue weighted by atomic mass is 16.3. The van der Waals surface area contributed by atoms with E-state index >= 15 is 0 Å². The Morgan fingerprint density at radius 1 is 1.22 bits per heavy atom. The summed E-state index contributed by atoms with van der Waals surface area (Å²) in [5.74, 6) is 1.67. The highest BCUT2D eigenvalue weighted by Gasteiger charge is 2.29. The molecule has 108 valence electrons. The molecular formula is C15H32N2O. The summed E-state index contributed by atoms with van der Waals surface area (Å²) in [5.41, 5.74) is 0. The van der Waals surface area contributed by atoms with Crippen LogP contribution in [0.2, 0.25) is 0 Å². The van der Waals surface area contributed by atoms with E-state index in [-0.39, 0.29) is 6.61 Å². The van der Waals surface area contributed by atoms with Gasteiger partial charge in [-0.1, -0.05) is 20.3 Å². The molecule has 0 radical (unpaired) electrons. The van der Waals surface area contributed by atoms with Crippen LogP contribution in [0.4, 0.5) is 0 Å². The molecule has 3 unspecified atom stereocenters. The summed E-state index contributed by atoms with van der Waals surface area (Å²) in [5, 5.41) is 12.7. The predicted octanol–water partition coefficient (Wildman–Crippen LogP) is 2.10. The van der Waals surface area contributed by atoms with Crippen molar-refractivity contribution >= 4 is 0 Å². The van der Waals surface area contributed by atoms with Crippen molar-refractivity contribution in [2.45, 2.75) is 52.0 Å². The molecule has 3 nitrogen and oxygen atoms in total. The number of hydrogen-bond donors (Lipinski definition) is 2. The smallest absolute Gasteiger partial charge is 0.0558 e. The molecule has 1 aliphatic carbocycles. The standard InChI is InChI=1S/C15H32N2O/c1-4-8-17(9-10-18)12-14-11-13(5-2)6-7-15(14)16-3/h13-16,18H,4-12H2,1-3H3. The zero-order valence-corrected chi connectivity index (χ0v) is 12.5.